The van der Waals surface area contributed by atoms with Gasteiger partial charge in [0.1, 0.15) is 12.4 Å². The second-order valence-corrected chi connectivity index (χ2v) is 4.68. The lowest BCUT2D eigenvalue weighted by atomic mass is 10.2. The highest BCUT2D eigenvalue weighted by molar-refractivity contribution is 5.85. The Balaban J connectivity index is 0.00000180. The molecule has 2 rings (SSSR count). The highest BCUT2D eigenvalue weighted by atomic mass is 35.5. The number of alkyl halides is 3. The standard InChI is InChI=1S/C11H17F3N4.ClH/c1-9-6-17(4-2-15-9)7-10-16-3-5-18(10)8-11(12,13)14;/h3,5,9,15H,2,4,6-8H2,1H3;1H. The second-order valence-electron chi connectivity index (χ2n) is 4.68. The highest BCUT2D eigenvalue weighted by Crippen LogP contribution is 2.18. The molecule has 1 fully saturated rings. The first kappa shape index (κ1) is 16.3. The Bertz CT molecular complexity index is 394. The van der Waals surface area contributed by atoms with E-state index in [2.05, 4.69) is 22.1 Å². The van der Waals surface area contributed by atoms with Crippen molar-refractivity contribution in [1.82, 2.24) is 19.8 Å². The molecule has 8 heteroatoms. The molecule has 1 aromatic rings. The third kappa shape index (κ3) is 5.00. The molecular weight excluding hydrogens is 281 g/mol. The van der Waals surface area contributed by atoms with Gasteiger partial charge in [-0.15, -0.1) is 12.4 Å². The monoisotopic (exact) mass is 298 g/mol. The van der Waals surface area contributed by atoms with Crippen molar-refractivity contribution in [1.29, 1.82) is 0 Å². The minimum atomic E-state index is -4.20. The zero-order valence-electron chi connectivity index (χ0n) is 10.7. The summed E-state index contributed by atoms with van der Waals surface area (Å²) in [6.45, 7) is 4.09. The molecule has 0 saturated carbocycles. The Labute approximate surface area is 116 Å². The van der Waals surface area contributed by atoms with Crippen LogP contribution in [0.5, 0.6) is 0 Å². The summed E-state index contributed by atoms with van der Waals surface area (Å²) in [5.74, 6) is 0.474. The quantitative estimate of drug-likeness (QED) is 0.921. The Hall–Kier alpha value is -0.790. The van der Waals surface area contributed by atoms with Crippen LogP contribution >= 0.6 is 12.4 Å². The van der Waals surface area contributed by atoms with Gasteiger partial charge in [-0.1, -0.05) is 0 Å². The van der Waals surface area contributed by atoms with E-state index in [1.165, 1.54) is 17.0 Å². The van der Waals surface area contributed by atoms with Gasteiger partial charge in [0.25, 0.3) is 0 Å². The number of hydrogen-bond acceptors (Lipinski definition) is 3. The fourth-order valence-corrected chi connectivity index (χ4v) is 2.18. The summed E-state index contributed by atoms with van der Waals surface area (Å²) in [6, 6.07) is 0.366. The van der Waals surface area contributed by atoms with E-state index in [1.807, 2.05) is 0 Å². The Morgan fingerprint density at radius 2 is 2.21 bits per heavy atom. The van der Waals surface area contributed by atoms with Crippen LogP contribution in [0.3, 0.4) is 0 Å². The Morgan fingerprint density at radius 1 is 1.47 bits per heavy atom. The maximum atomic E-state index is 12.4. The molecule has 110 valence electrons. The summed E-state index contributed by atoms with van der Waals surface area (Å²) >= 11 is 0. The molecule has 1 atom stereocenters. The summed E-state index contributed by atoms with van der Waals surface area (Å²) in [6.07, 6.45) is -1.40. The summed E-state index contributed by atoms with van der Waals surface area (Å²) in [5, 5.41) is 3.30. The molecule has 1 aliphatic rings. The van der Waals surface area contributed by atoms with Crippen LogP contribution in [0.2, 0.25) is 0 Å². The first-order chi connectivity index (χ1) is 8.44. The molecule has 2 heterocycles. The number of halogens is 4. The van der Waals surface area contributed by atoms with Gasteiger partial charge in [0.05, 0.1) is 6.54 Å². The van der Waals surface area contributed by atoms with Crippen molar-refractivity contribution in [2.45, 2.75) is 32.2 Å². The lowest BCUT2D eigenvalue weighted by Crippen LogP contribution is -2.49. The first-order valence-corrected chi connectivity index (χ1v) is 5.96. The number of hydrogen-bond donors (Lipinski definition) is 1. The molecule has 0 radical (unpaired) electrons. The summed E-state index contributed by atoms with van der Waals surface area (Å²) in [5.41, 5.74) is 0. The van der Waals surface area contributed by atoms with E-state index in [0.29, 0.717) is 18.4 Å². The predicted molar refractivity (Wildman–Crippen MR) is 68.3 cm³/mol. The third-order valence-corrected chi connectivity index (χ3v) is 2.97. The van der Waals surface area contributed by atoms with Crippen LogP contribution in [0, 0.1) is 0 Å². The smallest absolute Gasteiger partial charge is 0.325 e. The molecule has 1 unspecified atom stereocenters. The van der Waals surface area contributed by atoms with Gasteiger partial charge in [-0.25, -0.2) is 4.98 Å². The molecule has 0 aromatic carbocycles. The molecular formula is C11H18ClF3N4. The van der Waals surface area contributed by atoms with Crippen LogP contribution in [0.4, 0.5) is 13.2 Å². The zero-order chi connectivity index (χ0) is 13.2. The average molecular weight is 299 g/mol. The number of imidazole rings is 1. The number of rotatable bonds is 3. The normalized spacial score (nSPS) is 21.2. The van der Waals surface area contributed by atoms with Crippen molar-refractivity contribution in [3.8, 4) is 0 Å². The van der Waals surface area contributed by atoms with E-state index in [-0.39, 0.29) is 12.4 Å². The molecule has 1 aliphatic heterocycles. The molecule has 1 saturated heterocycles. The van der Waals surface area contributed by atoms with Gasteiger partial charge < -0.3 is 9.88 Å². The first-order valence-electron chi connectivity index (χ1n) is 5.96. The van der Waals surface area contributed by atoms with E-state index >= 15 is 0 Å². The van der Waals surface area contributed by atoms with Gasteiger partial charge in [-0.2, -0.15) is 13.2 Å². The van der Waals surface area contributed by atoms with Gasteiger partial charge in [-0.3, -0.25) is 4.90 Å². The molecule has 4 nitrogen and oxygen atoms in total. The van der Waals surface area contributed by atoms with Crippen LogP contribution in [0.1, 0.15) is 12.7 Å². The van der Waals surface area contributed by atoms with Crippen LogP contribution < -0.4 is 5.32 Å². The molecule has 1 aromatic heterocycles. The van der Waals surface area contributed by atoms with Crippen molar-refractivity contribution in [2.24, 2.45) is 0 Å². The van der Waals surface area contributed by atoms with E-state index in [4.69, 9.17) is 0 Å². The summed E-state index contributed by atoms with van der Waals surface area (Å²) in [4.78, 5) is 6.14. The van der Waals surface area contributed by atoms with Gasteiger partial charge >= 0.3 is 6.18 Å². The number of nitrogens with one attached hydrogen (secondary N) is 1. The van der Waals surface area contributed by atoms with Crippen molar-refractivity contribution >= 4 is 12.4 Å². The average Bonchev–Trinajstić information content (AvgIpc) is 2.63. The number of piperazine rings is 1. The minimum Gasteiger partial charge on any atom is -0.325 e. The Kier molecular flexibility index (Phi) is 5.64. The fourth-order valence-electron chi connectivity index (χ4n) is 2.18. The minimum absolute atomic E-state index is 0. The zero-order valence-corrected chi connectivity index (χ0v) is 11.5. The molecule has 0 bridgehead atoms. The van der Waals surface area contributed by atoms with Gasteiger partial charge in [0.2, 0.25) is 0 Å². The lowest BCUT2D eigenvalue weighted by molar-refractivity contribution is -0.141. The van der Waals surface area contributed by atoms with Crippen LogP contribution in [0.15, 0.2) is 12.4 Å². The molecule has 19 heavy (non-hydrogen) atoms. The van der Waals surface area contributed by atoms with Crippen molar-refractivity contribution < 1.29 is 13.2 Å². The van der Waals surface area contributed by atoms with Crippen molar-refractivity contribution in [3.63, 3.8) is 0 Å². The topological polar surface area (TPSA) is 33.1 Å². The van der Waals surface area contributed by atoms with Gasteiger partial charge in [-0.05, 0) is 6.92 Å². The van der Waals surface area contributed by atoms with Crippen molar-refractivity contribution in [2.75, 3.05) is 19.6 Å². The largest absolute Gasteiger partial charge is 0.406 e. The lowest BCUT2D eigenvalue weighted by Gasteiger charge is -2.31. The molecule has 1 N–H and O–H groups in total. The van der Waals surface area contributed by atoms with Crippen LogP contribution in [0.25, 0.3) is 0 Å². The Morgan fingerprint density at radius 3 is 2.84 bits per heavy atom. The fraction of sp³-hybridized carbons (Fsp3) is 0.727. The van der Waals surface area contributed by atoms with E-state index in [0.717, 1.165) is 19.6 Å². The van der Waals surface area contributed by atoms with E-state index in [1.54, 1.807) is 0 Å². The van der Waals surface area contributed by atoms with Gasteiger partial charge in [0.15, 0.2) is 0 Å². The van der Waals surface area contributed by atoms with Crippen LogP contribution in [-0.2, 0) is 13.1 Å². The molecule has 0 aliphatic carbocycles. The maximum absolute atomic E-state index is 12.4. The van der Waals surface area contributed by atoms with Gasteiger partial charge in [0, 0.05) is 38.1 Å². The summed E-state index contributed by atoms with van der Waals surface area (Å²) in [7, 11) is 0. The predicted octanol–water partition coefficient (Wildman–Crippen LogP) is 1.66. The van der Waals surface area contributed by atoms with E-state index < -0.39 is 12.7 Å². The maximum Gasteiger partial charge on any atom is 0.406 e. The van der Waals surface area contributed by atoms with E-state index in [9.17, 15) is 13.2 Å². The number of aromatic nitrogens is 2. The SMILES string of the molecule is CC1CN(Cc2nccn2CC(F)(F)F)CCN1.Cl. The summed E-state index contributed by atoms with van der Waals surface area (Å²) < 4.78 is 38.3. The van der Waals surface area contributed by atoms with Crippen molar-refractivity contribution in [3.05, 3.63) is 18.2 Å². The second kappa shape index (κ2) is 6.58. The number of nitrogens with zero attached hydrogens (tertiary/aromatic N) is 3. The third-order valence-electron chi connectivity index (χ3n) is 2.97. The molecule has 0 amide bonds. The van der Waals surface area contributed by atoms with Crippen LogP contribution in [-0.4, -0.2) is 46.3 Å². The molecule has 0 spiro atoms. The highest BCUT2D eigenvalue weighted by Gasteiger charge is 2.29.